The molecule has 1 aromatic rings. The third-order valence-corrected chi connectivity index (χ3v) is 4.86. The molecule has 118 valence electrons. The normalized spacial score (nSPS) is 32.0. The first-order valence-electron chi connectivity index (χ1n) is 8.22. The summed E-state index contributed by atoms with van der Waals surface area (Å²) in [5, 5.41) is 3.18. The molecule has 0 aromatic heterocycles. The van der Waals surface area contributed by atoms with Crippen molar-refractivity contribution in [3.05, 3.63) is 23.8 Å². The predicted molar refractivity (Wildman–Crippen MR) is 82.2 cm³/mol. The number of amides is 1. The molecule has 4 atom stereocenters. The van der Waals surface area contributed by atoms with Crippen molar-refractivity contribution in [1.29, 1.82) is 0 Å². The Morgan fingerprint density at radius 1 is 1.32 bits per heavy atom. The van der Waals surface area contributed by atoms with E-state index >= 15 is 0 Å². The van der Waals surface area contributed by atoms with Gasteiger partial charge in [0.25, 0.3) is 5.91 Å². The summed E-state index contributed by atoms with van der Waals surface area (Å²) < 4.78 is 11.3. The van der Waals surface area contributed by atoms with Crippen molar-refractivity contribution in [3.63, 3.8) is 0 Å². The van der Waals surface area contributed by atoms with E-state index in [9.17, 15) is 4.79 Å². The largest absolute Gasteiger partial charge is 0.451 e. The molecule has 1 amide bonds. The van der Waals surface area contributed by atoms with Crippen molar-refractivity contribution in [2.45, 2.75) is 38.5 Å². The second-order valence-electron chi connectivity index (χ2n) is 6.56. The number of hydrogen-bond acceptors (Lipinski definition) is 4. The van der Waals surface area contributed by atoms with Crippen molar-refractivity contribution < 1.29 is 14.3 Å². The Morgan fingerprint density at radius 2 is 2.18 bits per heavy atom. The van der Waals surface area contributed by atoms with E-state index < -0.39 is 0 Å². The zero-order valence-electron chi connectivity index (χ0n) is 12.9. The standard InChI is InChI=1S/C17H22N2O3/c1-2-16-21-14-4-3-12(8-15(14)22-16)17(20)18-13-7-11-5-6-19(9-11)10-13/h3-4,8,11,13,16H,2,5-7,9-10H2,1H3,(H,18,20). The number of nitrogens with zero attached hydrogens (tertiary/aromatic N) is 1. The molecule has 1 aromatic carbocycles. The fourth-order valence-corrected chi connectivity index (χ4v) is 3.75. The number of rotatable bonds is 3. The van der Waals surface area contributed by atoms with E-state index in [2.05, 4.69) is 10.2 Å². The zero-order chi connectivity index (χ0) is 15.1. The van der Waals surface area contributed by atoms with Crippen LogP contribution in [0.25, 0.3) is 0 Å². The van der Waals surface area contributed by atoms with Crippen LogP contribution in [0, 0.1) is 5.92 Å². The maximum absolute atomic E-state index is 12.5. The lowest BCUT2D eigenvalue weighted by atomic mass is 9.96. The summed E-state index contributed by atoms with van der Waals surface area (Å²) in [6, 6.07) is 5.70. The SMILES string of the molecule is CCC1Oc2ccc(C(=O)NC3CC4CCN(C4)C3)cc2O1. The average Bonchev–Trinajstić information content (AvgIpc) is 3.09. The van der Waals surface area contributed by atoms with Crippen LogP contribution in [0.2, 0.25) is 0 Å². The molecule has 4 unspecified atom stereocenters. The first-order chi connectivity index (χ1) is 10.7. The maximum atomic E-state index is 12.5. The first-order valence-corrected chi connectivity index (χ1v) is 8.22. The van der Waals surface area contributed by atoms with Gasteiger partial charge in [0.2, 0.25) is 6.29 Å². The Bertz CT molecular complexity index is 577. The van der Waals surface area contributed by atoms with Crippen molar-refractivity contribution in [1.82, 2.24) is 10.2 Å². The molecular weight excluding hydrogens is 280 g/mol. The molecule has 0 radical (unpaired) electrons. The fourth-order valence-electron chi connectivity index (χ4n) is 3.75. The molecule has 0 aliphatic carbocycles. The molecule has 5 nitrogen and oxygen atoms in total. The van der Waals surface area contributed by atoms with E-state index in [0.717, 1.165) is 31.1 Å². The van der Waals surface area contributed by atoms with Crippen LogP contribution in [0.15, 0.2) is 18.2 Å². The molecule has 22 heavy (non-hydrogen) atoms. The molecule has 0 spiro atoms. The molecule has 3 aliphatic heterocycles. The number of carbonyl (C=O) groups is 1. The number of fused-ring (bicyclic) bond motifs is 3. The maximum Gasteiger partial charge on any atom is 0.251 e. The quantitative estimate of drug-likeness (QED) is 0.928. The van der Waals surface area contributed by atoms with Gasteiger partial charge in [-0.2, -0.15) is 0 Å². The lowest BCUT2D eigenvalue weighted by Crippen LogP contribution is -2.47. The number of ether oxygens (including phenoxy) is 2. The molecule has 3 heterocycles. The molecule has 2 saturated heterocycles. The van der Waals surface area contributed by atoms with Gasteiger partial charge in [0, 0.05) is 31.1 Å². The number of nitrogens with one attached hydrogen (secondary N) is 1. The van der Waals surface area contributed by atoms with Gasteiger partial charge in [-0.05, 0) is 43.5 Å². The summed E-state index contributed by atoms with van der Waals surface area (Å²) in [6.45, 7) is 5.37. The summed E-state index contributed by atoms with van der Waals surface area (Å²) in [5.41, 5.74) is 0.645. The van der Waals surface area contributed by atoms with Crippen LogP contribution >= 0.6 is 0 Å². The van der Waals surface area contributed by atoms with E-state index in [-0.39, 0.29) is 18.2 Å². The van der Waals surface area contributed by atoms with Gasteiger partial charge in [-0.3, -0.25) is 4.79 Å². The van der Waals surface area contributed by atoms with Crippen LogP contribution < -0.4 is 14.8 Å². The minimum absolute atomic E-state index is 0.0150. The molecule has 4 rings (SSSR count). The second-order valence-corrected chi connectivity index (χ2v) is 6.56. The third kappa shape index (κ3) is 2.54. The topological polar surface area (TPSA) is 50.8 Å². The molecule has 2 fully saturated rings. The summed E-state index contributed by atoms with van der Waals surface area (Å²) >= 11 is 0. The summed E-state index contributed by atoms with van der Waals surface area (Å²) in [7, 11) is 0. The van der Waals surface area contributed by atoms with Crippen LogP contribution in [-0.2, 0) is 0 Å². The van der Waals surface area contributed by atoms with Crippen LogP contribution in [0.3, 0.4) is 0 Å². The summed E-state index contributed by atoms with van der Waals surface area (Å²) in [4.78, 5) is 14.9. The van der Waals surface area contributed by atoms with Gasteiger partial charge < -0.3 is 19.7 Å². The number of carbonyl (C=O) groups excluding carboxylic acids is 1. The predicted octanol–water partition coefficient (Wildman–Crippen LogP) is 2.02. The van der Waals surface area contributed by atoms with Crippen LogP contribution in [0.4, 0.5) is 0 Å². The molecular formula is C17H22N2O3. The average molecular weight is 302 g/mol. The second kappa shape index (κ2) is 5.47. The number of piperidine rings is 1. The lowest BCUT2D eigenvalue weighted by Gasteiger charge is -2.30. The van der Waals surface area contributed by atoms with Crippen molar-refractivity contribution in [2.75, 3.05) is 19.6 Å². The van der Waals surface area contributed by atoms with E-state index in [0.29, 0.717) is 11.3 Å². The van der Waals surface area contributed by atoms with Crippen LogP contribution in [0.5, 0.6) is 11.5 Å². The van der Waals surface area contributed by atoms with E-state index in [1.165, 1.54) is 19.5 Å². The van der Waals surface area contributed by atoms with Gasteiger partial charge in [0.15, 0.2) is 11.5 Å². The Kier molecular flexibility index (Phi) is 3.45. The molecule has 1 N–H and O–H groups in total. The zero-order valence-corrected chi connectivity index (χ0v) is 12.9. The van der Waals surface area contributed by atoms with Crippen molar-refractivity contribution >= 4 is 5.91 Å². The van der Waals surface area contributed by atoms with Crippen molar-refractivity contribution in [2.24, 2.45) is 5.92 Å². The highest BCUT2D eigenvalue weighted by Crippen LogP contribution is 2.36. The molecule has 5 heteroatoms. The first kappa shape index (κ1) is 13.9. The van der Waals surface area contributed by atoms with Crippen molar-refractivity contribution in [3.8, 4) is 11.5 Å². The minimum Gasteiger partial charge on any atom is -0.451 e. The number of benzene rings is 1. The molecule has 0 saturated carbocycles. The van der Waals surface area contributed by atoms with Gasteiger partial charge in [-0.25, -0.2) is 0 Å². The van der Waals surface area contributed by atoms with Gasteiger partial charge in [0.1, 0.15) is 0 Å². The smallest absolute Gasteiger partial charge is 0.251 e. The monoisotopic (exact) mass is 302 g/mol. The van der Waals surface area contributed by atoms with Gasteiger partial charge >= 0.3 is 0 Å². The highest BCUT2D eigenvalue weighted by Gasteiger charge is 2.33. The summed E-state index contributed by atoms with van der Waals surface area (Å²) in [5.74, 6) is 2.14. The van der Waals surface area contributed by atoms with E-state index in [1.54, 1.807) is 6.07 Å². The molecule has 3 aliphatic rings. The van der Waals surface area contributed by atoms with Gasteiger partial charge in [-0.15, -0.1) is 0 Å². The van der Waals surface area contributed by atoms with E-state index in [4.69, 9.17) is 9.47 Å². The van der Waals surface area contributed by atoms with Gasteiger partial charge in [-0.1, -0.05) is 6.92 Å². The van der Waals surface area contributed by atoms with Crippen LogP contribution in [-0.4, -0.2) is 42.8 Å². The molecule has 2 bridgehead atoms. The Labute approximate surface area is 130 Å². The third-order valence-electron chi connectivity index (χ3n) is 4.86. The number of hydrogen-bond donors (Lipinski definition) is 1. The Morgan fingerprint density at radius 3 is 3.00 bits per heavy atom. The highest BCUT2D eigenvalue weighted by molar-refractivity contribution is 5.95. The Hall–Kier alpha value is -1.75. The lowest BCUT2D eigenvalue weighted by molar-refractivity contribution is 0.0464. The van der Waals surface area contributed by atoms with E-state index in [1.807, 2.05) is 19.1 Å². The summed E-state index contributed by atoms with van der Waals surface area (Å²) in [6.07, 6.45) is 2.93. The highest BCUT2D eigenvalue weighted by atomic mass is 16.7. The Balaban J connectivity index is 1.43. The fraction of sp³-hybridized carbons (Fsp3) is 0.588. The minimum atomic E-state index is -0.227. The van der Waals surface area contributed by atoms with Crippen LogP contribution in [0.1, 0.15) is 36.5 Å². The van der Waals surface area contributed by atoms with Gasteiger partial charge in [0.05, 0.1) is 0 Å².